The minimum Gasteiger partial charge on any atom is -0.394 e. The predicted molar refractivity (Wildman–Crippen MR) is 316 cm³/mol. The molecule has 0 radical (unpaired) electrons. The number of carbonyl (C=O) groups excluding carboxylic acids is 1. The lowest BCUT2D eigenvalue weighted by atomic mass is 9.98. The normalized spacial score (nSPS) is 19.8. The first-order valence-corrected chi connectivity index (χ1v) is 32.4. The predicted octanol–water partition coefficient (Wildman–Crippen LogP) is 14.6. The second-order valence-corrected chi connectivity index (χ2v) is 22.8. The first kappa shape index (κ1) is 72.3. The Hall–Kier alpha value is -1.67. The molecule has 448 valence electrons. The number of hydrogen-bond donors (Lipinski definition) is 8. The summed E-state index contributed by atoms with van der Waals surface area (Å²) in [6.45, 7) is 3.47. The molecule has 1 fully saturated rings. The SMILES string of the molecule is CCCCCCCCCCCC/C=C\CCCCCCCCC(O)C(=O)NC(COC1OC(CO)C(O)C(O)C1O)C(O)C(O)CCC/C=C/CC/C=C/CCCCCCCCCCCCCCCCCCCCCC. The van der Waals surface area contributed by atoms with Crippen molar-refractivity contribution in [2.75, 3.05) is 13.2 Å². The van der Waals surface area contributed by atoms with Gasteiger partial charge in [0.15, 0.2) is 6.29 Å². The van der Waals surface area contributed by atoms with E-state index in [0.717, 1.165) is 57.8 Å². The lowest BCUT2D eigenvalue weighted by molar-refractivity contribution is -0.303. The van der Waals surface area contributed by atoms with E-state index in [9.17, 15) is 40.5 Å². The second kappa shape index (κ2) is 53.9. The minimum absolute atomic E-state index is 0.244. The number of aliphatic hydroxyl groups is 7. The molecular formula is C65H123NO10. The fourth-order valence-electron chi connectivity index (χ4n) is 10.4. The summed E-state index contributed by atoms with van der Waals surface area (Å²) in [5.41, 5.74) is 0. The largest absolute Gasteiger partial charge is 0.394 e. The number of nitrogens with one attached hydrogen (secondary N) is 1. The van der Waals surface area contributed by atoms with Gasteiger partial charge in [0, 0.05) is 0 Å². The maximum Gasteiger partial charge on any atom is 0.249 e. The molecule has 1 aliphatic heterocycles. The van der Waals surface area contributed by atoms with Crippen LogP contribution in [0.4, 0.5) is 0 Å². The average Bonchev–Trinajstić information content (AvgIpc) is 3.42. The third kappa shape index (κ3) is 41.4. The zero-order valence-corrected chi connectivity index (χ0v) is 49.2. The van der Waals surface area contributed by atoms with Crippen LogP contribution in [0.2, 0.25) is 0 Å². The molecule has 0 saturated carbocycles. The van der Waals surface area contributed by atoms with Gasteiger partial charge in [-0.15, -0.1) is 0 Å². The summed E-state index contributed by atoms with van der Waals surface area (Å²) in [5.74, 6) is -0.712. The van der Waals surface area contributed by atoms with Gasteiger partial charge in [0.25, 0.3) is 0 Å². The van der Waals surface area contributed by atoms with Gasteiger partial charge in [-0.25, -0.2) is 0 Å². The molecule has 1 rings (SSSR count). The van der Waals surface area contributed by atoms with Crippen molar-refractivity contribution in [3.05, 3.63) is 36.5 Å². The summed E-state index contributed by atoms with van der Waals surface area (Å²) < 4.78 is 11.1. The second-order valence-electron chi connectivity index (χ2n) is 22.8. The highest BCUT2D eigenvalue weighted by molar-refractivity contribution is 5.80. The summed E-state index contributed by atoms with van der Waals surface area (Å²) in [7, 11) is 0. The van der Waals surface area contributed by atoms with Crippen molar-refractivity contribution in [3.8, 4) is 0 Å². The lowest BCUT2D eigenvalue weighted by Gasteiger charge is -2.40. The molecule has 0 aliphatic carbocycles. The number of ether oxygens (including phenoxy) is 2. The highest BCUT2D eigenvalue weighted by Gasteiger charge is 2.44. The zero-order valence-electron chi connectivity index (χ0n) is 49.2. The Labute approximate surface area is 467 Å². The molecule has 1 saturated heterocycles. The zero-order chi connectivity index (χ0) is 55.4. The maximum atomic E-state index is 13.2. The number of rotatable bonds is 56. The molecule has 11 heteroatoms. The maximum absolute atomic E-state index is 13.2. The molecule has 11 nitrogen and oxygen atoms in total. The first-order valence-electron chi connectivity index (χ1n) is 32.4. The van der Waals surface area contributed by atoms with Gasteiger partial charge in [-0.05, 0) is 77.0 Å². The van der Waals surface area contributed by atoms with Gasteiger partial charge in [-0.2, -0.15) is 0 Å². The van der Waals surface area contributed by atoms with Crippen molar-refractivity contribution in [3.63, 3.8) is 0 Å². The van der Waals surface area contributed by atoms with Crippen molar-refractivity contribution in [1.82, 2.24) is 5.32 Å². The number of allylic oxidation sites excluding steroid dienone is 6. The molecular weight excluding hydrogens is 955 g/mol. The molecule has 0 spiro atoms. The third-order valence-electron chi connectivity index (χ3n) is 15.6. The number of aliphatic hydroxyl groups excluding tert-OH is 7. The van der Waals surface area contributed by atoms with Gasteiger partial charge >= 0.3 is 0 Å². The standard InChI is InChI=1S/C65H123NO10/c1-3-5-7-9-11-13-15-17-19-21-23-25-26-27-28-29-30-31-32-33-35-36-38-40-42-44-46-48-50-52-57(68)60(70)56(55-75-65-63(73)62(72)61(71)59(54-67)76-65)66-64(74)58(69)53-51-49-47-45-43-41-39-37-34-24-22-20-18-16-14-12-10-8-6-4-2/h34,36-38,44,46,56-63,65,67-73H,3-33,35,39-43,45,47-55H2,1-2H3,(H,66,74)/b37-34-,38-36+,46-44+. The molecule has 1 amide bonds. The Morgan fingerprint density at radius 1 is 0.447 bits per heavy atom. The Morgan fingerprint density at radius 3 is 1.17 bits per heavy atom. The Balaban J connectivity index is 2.28. The molecule has 1 aliphatic rings. The molecule has 1 heterocycles. The summed E-state index contributed by atoms with van der Waals surface area (Å²) in [6, 6.07) is -1.19. The van der Waals surface area contributed by atoms with Gasteiger partial charge in [-0.3, -0.25) is 4.79 Å². The Morgan fingerprint density at radius 2 is 0.789 bits per heavy atom. The molecule has 0 bridgehead atoms. The van der Waals surface area contributed by atoms with Crippen LogP contribution >= 0.6 is 0 Å². The first-order chi connectivity index (χ1) is 37.2. The third-order valence-corrected chi connectivity index (χ3v) is 15.6. The van der Waals surface area contributed by atoms with E-state index >= 15 is 0 Å². The van der Waals surface area contributed by atoms with Crippen molar-refractivity contribution < 1.29 is 50.0 Å². The summed E-state index contributed by atoms with van der Waals surface area (Å²) in [4.78, 5) is 13.2. The monoisotopic (exact) mass is 1080 g/mol. The number of carbonyl (C=O) groups is 1. The average molecular weight is 1080 g/mol. The van der Waals surface area contributed by atoms with Gasteiger partial charge < -0.3 is 50.5 Å². The smallest absolute Gasteiger partial charge is 0.249 e. The molecule has 0 aromatic carbocycles. The molecule has 0 aromatic heterocycles. The van der Waals surface area contributed by atoms with E-state index in [0.29, 0.717) is 19.3 Å². The van der Waals surface area contributed by atoms with Crippen LogP contribution in [0, 0.1) is 0 Å². The number of hydrogen-bond acceptors (Lipinski definition) is 10. The van der Waals surface area contributed by atoms with E-state index in [-0.39, 0.29) is 12.8 Å². The molecule has 0 aromatic rings. The molecule has 76 heavy (non-hydrogen) atoms. The van der Waals surface area contributed by atoms with E-state index in [1.54, 1.807) is 0 Å². The number of amides is 1. The number of unbranched alkanes of at least 4 members (excludes halogenated alkanes) is 38. The van der Waals surface area contributed by atoms with Crippen LogP contribution < -0.4 is 5.32 Å². The van der Waals surface area contributed by atoms with Gasteiger partial charge in [0.2, 0.25) is 5.91 Å². The van der Waals surface area contributed by atoms with Gasteiger partial charge in [0.05, 0.1) is 25.4 Å². The molecule has 8 N–H and O–H groups in total. The van der Waals surface area contributed by atoms with Gasteiger partial charge in [-0.1, -0.05) is 262 Å². The Bertz CT molecular complexity index is 1330. The highest BCUT2D eigenvalue weighted by Crippen LogP contribution is 2.23. The summed E-state index contributed by atoms with van der Waals surface area (Å²) in [5, 5.41) is 76.3. The van der Waals surface area contributed by atoms with E-state index < -0.39 is 74.2 Å². The quantitative estimate of drug-likeness (QED) is 0.0215. The lowest BCUT2D eigenvalue weighted by Crippen LogP contribution is -2.60. The van der Waals surface area contributed by atoms with Crippen LogP contribution in [0.3, 0.4) is 0 Å². The van der Waals surface area contributed by atoms with Crippen LogP contribution in [0.5, 0.6) is 0 Å². The van der Waals surface area contributed by atoms with E-state index in [4.69, 9.17) is 9.47 Å². The minimum atomic E-state index is -1.67. The highest BCUT2D eigenvalue weighted by atomic mass is 16.7. The van der Waals surface area contributed by atoms with Crippen LogP contribution in [-0.2, 0) is 14.3 Å². The topological polar surface area (TPSA) is 189 Å². The van der Waals surface area contributed by atoms with E-state index in [1.165, 1.54) is 199 Å². The van der Waals surface area contributed by atoms with Gasteiger partial charge in [0.1, 0.15) is 36.6 Å². The van der Waals surface area contributed by atoms with E-state index in [2.05, 4.69) is 55.6 Å². The van der Waals surface area contributed by atoms with Crippen molar-refractivity contribution >= 4 is 5.91 Å². The molecule has 9 unspecified atom stereocenters. The van der Waals surface area contributed by atoms with Crippen molar-refractivity contribution in [2.24, 2.45) is 0 Å². The van der Waals surface area contributed by atoms with Crippen LogP contribution in [-0.4, -0.2) is 110 Å². The van der Waals surface area contributed by atoms with Crippen LogP contribution in [0.15, 0.2) is 36.5 Å². The fraction of sp³-hybridized carbons (Fsp3) is 0.892. The Kier molecular flexibility index (Phi) is 51.3. The van der Waals surface area contributed by atoms with E-state index in [1.807, 2.05) is 0 Å². The fourth-order valence-corrected chi connectivity index (χ4v) is 10.4. The van der Waals surface area contributed by atoms with Crippen LogP contribution in [0.25, 0.3) is 0 Å². The summed E-state index contributed by atoms with van der Waals surface area (Å²) in [6.07, 6.45) is 56.5. The van der Waals surface area contributed by atoms with Crippen molar-refractivity contribution in [1.29, 1.82) is 0 Å². The summed E-state index contributed by atoms with van der Waals surface area (Å²) >= 11 is 0. The van der Waals surface area contributed by atoms with Crippen molar-refractivity contribution in [2.45, 2.75) is 358 Å². The van der Waals surface area contributed by atoms with Crippen LogP contribution in [0.1, 0.15) is 303 Å². The molecule has 9 atom stereocenters.